The summed E-state index contributed by atoms with van der Waals surface area (Å²) >= 11 is 0. The highest BCUT2D eigenvalue weighted by molar-refractivity contribution is 5.79. The fourth-order valence-corrected chi connectivity index (χ4v) is 2.43. The molecule has 2 unspecified atom stereocenters. The van der Waals surface area contributed by atoms with Crippen LogP contribution in [-0.4, -0.2) is 48.2 Å². The topological polar surface area (TPSA) is 66.8 Å². The van der Waals surface area contributed by atoms with E-state index in [-0.39, 0.29) is 24.2 Å². The van der Waals surface area contributed by atoms with Crippen molar-refractivity contribution in [2.75, 3.05) is 26.3 Å². The van der Waals surface area contributed by atoms with Gasteiger partial charge in [-0.05, 0) is 18.8 Å². The second-order valence-corrected chi connectivity index (χ2v) is 4.60. The molecule has 16 heavy (non-hydrogen) atoms. The number of carboxylic acids is 1. The molecule has 1 amide bonds. The van der Waals surface area contributed by atoms with Gasteiger partial charge in [0.05, 0.1) is 12.5 Å². The summed E-state index contributed by atoms with van der Waals surface area (Å²) in [6.07, 6.45) is 1.79. The Bertz CT molecular complexity index is 286. The van der Waals surface area contributed by atoms with E-state index in [0.717, 1.165) is 12.8 Å². The van der Waals surface area contributed by atoms with Crippen LogP contribution in [0, 0.1) is 11.8 Å². The fourth-order valence-electron chi connectivity index (χ4n) is 2.43. The van der Waals surface area contributed by atoms with E-state index in [9.17, 15) is 9.59 Å². The van der Waals surface area contributed by atoms with E-state index < -0.39 is 5.97 Å². The van der Waals surface area contributed by atoms with Crippen molar-refractivity contribution in [3.63, 3.8) is 0 Å². The van der Waals surface area contributed by atoms with Gasteiger partial charge in [-0.2, -0.15) is 0 Å². The predicted molar refractivity (Wildman–Crippen MR) is 55.9 cm³/mol. The van der Waals surface area contributed by atoms with E-state index in [0.29, 0.717) is 26.3 Å². The van der Waals surface area contributed by atoms with Gasteiger partial charge in [0.2, 0.25) is 5.91 Å². The number of likely N-dealkylation sites (tertiary alicyclic amines) is 1. The lowest BCUT2D eigenvalue weighted by Gasteiger charge is -2.19. The molecule has 2 rings (SSSR count). The molecule has 0 aromatic heterocycles. The smallest absolute Gasteiger partial charge is 0.303 e. The second-order valence-electron chi connectivity index (χ2n) is 4.60. The van der Waals surface area contributed by atoms with Crippen LogP contribution >= 0.6 is 0 Å². The van der Waals surface area contributed by atoms with Crippen molar-refractivity contribution in [3.8, 4) is 0 Å². The van der Waals surface area contributed by atoms with Crippen molar-refractivity contribution in [1.29, 1.82) is 0 Å². The van der Waals surface area contributed by atoms with Gasteiger partial charge in [-0.1, -0.05) is 0 Å². The molecule has 90 valence electrons. The summed E-state index contributed by atoms with van der Waals surface area (Å²) < 4.78 is 5.19. The maximum absolute atomic E-state index is 12.0. The number of carboxylic acid groups (broad SMARTS) is 1. The Morgan fingerprint density at radius 1 is 1.38 bits per heavy atom. The number of carbonyl (C=O) groups excluding carboxylic acids is 1. The maximum Gasteiger partial charge on any atom is 0.303 e. The first-order valence-electron chi connectivity index (χ1n) is 5.75. The van der Waals surface area contributed by atoms with E-state index in [1.807, 2.05) is 0 Å². The molecule has 2 fully saturated rings. The number of hydrogen-bond donors (Lipinski definition) is 1. The highest BCUT2D eigenvalue weighted by Gasteiger charge is 2.33. The van der Waals surface area contributed by atoms with Gasteiger partial charge in [-0.15, -0.1) is 0 Å². The van der Waals surface area contributed by atoms with Crippen molar-refractivity contribution in [2.24, 2.45) is 11.8 Å². The predicted octanol–water partition coefficient (Wildman–Crippen LogP) is 0.346. The second kappa shape index (κ2) is 4.82. The van der Waals surface area contributed by atoms with E-state index in [2.05, 4.69) is 0 Å². The molecule has 5 nitrogen and oxygen atoms in total. The SMILES string of the molecule is O=C(O)CC1CCN(C(=O)C2CCOC2)C1. The minimum Gasteiger partial charge on any atom is -0.481 e. The van der Waals surface area contributed by atoms with Crippen molar-refractivity contribution in [1.82, 2.24) is 4.90 Å². The van der Waals surface area contributed by atoms with Crippen LogP contribution in [0.1, 0.15) is 19.3 Å². The molecular weight excluding hydrogens is 210 g/mol. The molecule has 0 spiro atoms. The van der Waals surface area contributed by atoms with Gasteiger partial charge in [0.1, 0.15) is 0 Å². The first kappa shape index (κ1) is 11.4. The minimum atomic E-state index is -0.775. The lowest BCUT2D eigenvalue weighted by molar-refractivity contribution is -0.139. The summed E-state index contributed by atoms with van der Waals surface area (Å²) in [6.45, 7) is 2.50. The largest absolute Gasteiger partial charge is 0.481 e. The molecule has 0 aromatic rings. The standard InChI is InChI=1S/C11H17NO4/c13-10(14)5-8-1-3-12(6-8)11(15)9-2-4-16-7-9/h8-9H,1-7H2,(H,13,14). The van der Waals surface area contributed by atoms with Crippen LogP contribution < -0.4 is 0 Å². The highest BCUT2D eigenvalue weighted by Crippen LogP contribution is 2.23. The first-order valence-corrected chi connectivity index (χ1v) is 5.75. The van der Waals surface area contributed by atoms with Crippen molar-refractivity contribution >= 4 is 11.9 Å². The Labute approximate surface area is 94.4 Å². The third-order valence-electron chi connectivity index (χ3n) is 3.34. The van der Waals surface area contributed by atoms with Gasteiger partial charge in [-0.3, -0.25) is 9.59 Å². The molecule has 0 radical (unpaired) electrons. The molecule has 1 N–H and O–H groups in total. The van der Waals surface area contributed by atoms with E-state index in [1.54, 1.807) is 4.90 Å². The third-order valence-corrected chi connectivity index (χ3v) is 3.34. The molecule has 2 aliphatic rings. The Hall–Kier alpha value is -1.10. The summed E-state index contributed by atoms with van der Waals surface area (Å²) in [5.41, 5.74) is 0. The molecule has 2 atom stereocenters. The van der Waals surface area contributed by atoms with E-state index >= 15 is 0 Å². The number of nitrogens with zero attached hydrogens (tertiary/aromatic N) is 1. The Morgan fingerprint density at radius 3 is 2.81 bits per heavy atom. The summed E-state index contributed by atoms with van der Waals surface area (Å²) in [5, 5.41) is 8.69. The van der Waals surface area contributed by atoms with Gasteiger partial charge in [-0.25, -0.2) is 0 Å². The van der Waals surface area contributed by atoms with Crippen molar-refractivity contribution in [2.45, 2.75) is 19.3 Å². The zero-order valence-electron chi connectivity index (χ0n) is 9.22. The number of hydrogen-bond acceptors (Lipinski definition) is 3. The van der Waals surface area contributed by atoms with Gasteiger partial charge in [0.25, 0.3) is 0 Å². The summed E-state index contributed by atoms with van der Waals surface area (Å²) in [4.78, 5) is 24.3. The zero-order chi connectivity index (χ0) is 11.5. The quantitative estimate of drug-likeness (QED) is 0.755. The zero-order valence-corrected chi connectivity index (χ0v) is 9.22. The molecule has 2 aliphatic heterocycles. The van der Waals surface area contributed by atoms with Crippen LogP contribution in [0.5, 0.6) is 0 Å². The Kier molecular flexibility index (Phi) is 3.43. The number of amides is 1. The summed E-state index contributed by atoms with van der Waals surface area (Å²) in [5.74, 6) is -0.499. The van der Waals surface area contributed by atoms with Crippen LogP contribution in [-0.2, 0) is 14.3 Å². The van der Waals surface area contributed by atoms with Crippen molar-refractivity contribution in [3.05, 3.63) is 0 Å². The first-order chi connectivity index (χ1) is 7.66. The Morgan fingerprint density at radius 2 is 2.19 bits per heavy atom. The number of aliphatic carboxylic acids is 1. The molecule has 0 bridgehead atoms. The Balaban J connectivity index is 1.83. The molecule has 0 aromatic carbocycles. The normalized spacial score (nSPS) is 29.6. The summed E-state index contributed by atoms with van der Waals surface area (Å²) in [6, 6.07) is 0. The van der Waals surface area contributed by atoms with Crippen LogP contribution in [0.3, 0.4) is 0 Å². The molecule has 0 aliphatic carbocycles. The van der Waals surface area contributed by atoms with Gasteiger partial charge >= 0.3 is 5.97 Å². The summed E-state index contributed by atoms with van der Waals surface area (Å²) in [7, 11) is 0. The van der Waals surface area contributed by atoms with Gasteiger partial charge < -0.3 is 14.7 Å². The van der Waals surface area contributed by atoms with E-state index in [1.165, 1.54) is 0 Å². The molecule has 2 heterocycles. The minimum absolute atomic E-state index is 0.00331. The fraction of sp³-hybridized carbons (Fsp3) is 0.818. The maximum atomic E-state index is 12.0. The number of carbonyl (C=O) groups is 2. The third kappa shape index (κ3) is 2.52. The van der Waals surface area contributed by atoms with Crippen LogP contribution in [0.4, 0.5) is 0 Å². The molecule has 2 saturated heterocycles. The van der Waals surface area contributed by atoms with Gasteiger partial charge in [0, 0.05) is 26.1 Å². The monoisotopic (exact) mass is 227 g/mol. The van der Waals surface area contributed by atoms with Crippen LogP contribution in [0.2, 0.25) is 0 Å². The highest BCUT2D eigenvalue weighted by atomic mass is 16.5. The molecule has 0 saturated carbocycles. The molecule has 5 heteroatoms. The lowest BCUT2D eigenvalue weighted by atomic mass is 10.1. The lowest BCUT2D eigenvalue weighted by Crippen LogP contribution is -2.34. The average Bonchev–Trinajstić information content (AvgIpc) is 2.84. The van der Waals surface area contributed by atoms with E-state index in [4.69, 9.17) is 9.84 Å². The average molecular weight is 227 g/mol. The number of ether oxygens (including phenoxy) is 1. The van der Waals surface area contributed by atoms with Gasteiger partial charge in [0.15, 0.2) is 0 Å². The molecular formula is C11H17NO4. The van der Waals surface area contributed by atoms with Crippen LogP contribution in [0.15, 0.2) is 0 Å². The van der Waals surface area contributed by atoms with Crippen molar-refractivity contribution < 1.29 is 19.4 Å². The number of rotatable bonds is 3. The van der Waals surface area contributed by atoms with Crippen LogP contribution in [0.25, 0.3) is 0 Å².